The van der Waals surface area contributed by atoms with Gasteiger partial charge in [-0.1, -0.05) is 60.7 Å². The second kappa shape index (κ2) is 6.89. The average Bonchev–Trinajstić information content (AvgIpc) is 3.28. The van der Waals surface area contributed by atoms with Crippen LogP contribution < -0.4 is 5.32 Å². The Morgan fingerprint density at radius 2 is 1.76 bits per heavy atom. The van der Waals surface area contributed by atoms with Gasteiger partial charge in [-0.2, -0.15) is 5.10 Å². The highest BCUT2D eigenvalue weighted by molar-refractivity contribution is 5.79. The lowest BCUT2D eigenvalue weighted by Crippen LogP contribution is -2.16. The number of aromatic nitrogens is 3. The lowest BCUT2D eigenvalue weighted by molar-refractivity contribution is -0.119. The smallest absolute Gasteiger partial charge is 0.220 e. The predicted octanol–water partition coefficient (Wildman–Crippen LogP) is 2.79. The van der Waals surface area contributed by atoms with Gasteiger partial charge in [-0.05, 0) is 12.0 Å². The third-order valence-electron chi connectivity index (χ3n) is 4.53. The van der Waals surface area contributed by atoms with Gasteiger partial charge < -0.3 is 5.32 Å². The molecule has 0 bridgehead atoms. The molecule has 1 N–H and O–H groups in total. The van der Waals surface area contributed by atoms with E-state index in [4.69, 9.17) is 10.1 Å². The van der Waals surface area contributed by atoms with Gasteiger partial charge in [0, 0.05) is 31.0 Å². The molecule has 1 unspecified atom stereocenters. The molecule has 0 radical (unpaired) electrons. The molecule has 126 valence electrons. The minimum absolute atomic E-state index is 0.0869. The third-order valence-corrected chi connectivity index (χ3v) is 4.53. The van der Waals surface area contributed by atoms with Gasteiger partial charge in [0.2, 0.25) is 5.91 Å². The number of hydrogen-bond acceptors (Lipinski definition) is 3. The summed E-state index contributed by atoms with van der Waals surface area (Å²) >= 11 is 0. The summed E-state index contributed by atoms with van der Waals surface area (Å²) in [6.07, 6.45) is 1.37. The zero-order valence-corrected chi connectivity index (χ0v) is 13.9. The lowest BCUT2D eigenvalue weighted by atomic mass is 10.1. The normalized spacial score (nSPS) is 16.8. The highest BCUT2D eigenvalue weighted by atomic mass is 16.1. The average molecular weight is 332 g/mol. The van der Waals surface area contributed by atoms with Crippen LogP contribution in [-0.2, 0) is 17.8 Å². The summed E-state index contributed by atoms with van der Waals surface area (Å²) in [5.41, 5.74) is 2.27. The van der Waals surface area contributed by atoms with Crippen molar-refractivity contribution in [1.82, 2.24) is 20.1 Å². The van der Waals surface area contributed by atoms with Gasteiger partial charge in [0.1, 0.15) is 5.82 Å². The highest BCUT2D eigenvalue weighted by Gasteiger charge is 2.28. The van der Waals surface area contributed by atoms with Gasteiger partial charge in [-0.25, -0.2) is 9.67 Å². The maximum absolute atomic E-state index is 11.6. The molecule has 2 heterocycles. The Morgan fingerprint density at radius 1 is 1.04 bits per heavy atom. The number of aryl methyl sites for hydroxylation is 2. The molecule has 1 fully saturated rings. The van der Waals surface area contributed by atoms with Gasteiger partial charge in [-0.15, -0.1) is 0 Å². The van der Waals surface area contributed by atoms with Crippen LogP contribution in [0.2, 0.25) is 0 Å². The fourth-order valence-electron chi connectivity index (χ4n) is 3.20. The predicted molar refractivity (Wildman–Crippen MR) is 96.0 cm³/mol. The van der Waals surface area contributed by atoms with Crippen molar-refractivity contribution < 1.29 is 4.79 Å². The van der Waals surface area contributed by atoms with Crippen molar-refractivity contribution in [3.8, 4) is 11.4 Å². The molecule has 3 aromatic rings. The fourth-order valence-corrected chi connectivity index (χ4v) is 3.20. The van der Waals surface area contributed by atoms with E-state index in [0.717, 1.165) is 30.2 Å². The summed E-state index contributed by atoms with van der Waals surface area (Å²) in [4.78, 5) is 16.4. The number of nitrogens with one attached hydrogen (secondary N) is 1. The van der Waals surface area contributed by atoms with Crippen molar-refractivity contribution in [3.63, 3.8) is 0 Å². The van der Waals surface area contributed by atoms with Gasteiger partial charge in [0.15, 0.2) is 5.82 Å². The first-order valence-corrected chi connectivity index (χ1v) is 8.60. The molecule has 1 saturated heterocycles. The number of nitrogens with zero attached hydrogens (tertiary/aromatic N) is 3. The number of rotatable bonds is 5. The van der Waals surface area contributed by atoms with Crippen LogP contribution >= 0.6 is 0 Å². The molecule has 1 amide bonds. The second-order valence-corrected chi connectivity index (χ2v) is 6.32. The fraction of sp³-hybridized carbons (Fsp3) is 0.250. The van der Waals surface area contributed by atoms with Crippen molar-refractivity contribution in [2.24, 2.45) is 0 Å². The van der Waals surface area contributed by atoms with Crippen LogP contribution in [0.3, 0.4) is 0 Å². The zero-order chi connectivity index (χ0) is 17.1. The Bertz CT molecular complexity index is 858. The summed E-state index contributed by atoms with van der Waals surface area (Å²) in [7, 11) is 0. The molecule has 1 aromatic heterocycles. The monoisotopic (exact) mass is 332 g/mol. The van der Waals surface area contributed by atoms with Crippen molar-refractivity contribution in [3.05, 3.63) is 72.1 Å². The first-order chi connectivity index (χ1) is 12.3. The van der Waals surface area contributed by atoms with Gasteiger partial charge in [0.25, 0.3) is 0 Å². The van der Waals surface area contributed by atoms with E-state index in [9.17, 15) is 4.79 Å². The highest BCUT2D eigenvalue weighted by Crippen LogP contribution is 2.25. The molecular formula is C20H20N4O. The topological polar surface area (TPSA) is 59.8 Å². The van der Waals surface area contributed by atoms with Crippen molar-refractivity contribution in [2.45, 2.75) is 25.3 Å². The Hall–Kier alpha value is -2.95. The van der Waals surface area contributed by atoms with E-state index in [0.29, 0.717) is 13.0 Å². The summed E-state index contributed by atoms with van der Waals surface area (Å²) in [6, 6.07) is 20.3. The molecule has 0 aliphatic carbocycles. The number of hydrogen-bond donors (Lipinski definition) is 1. The summed E-state index contributed by atoms with van der Waals surface area (Å²) in [5, 5.41) is 7.63. The minimum Gasteiger partial charge on any atom is -0.355 e. The number of amides is 1. The number of carbonyl (C=O) groups excluding carboxylic acids is 1. The quantitative estimate of drug-likeness (QED) is 0.781. The SMILES string of the molecule is O=C1CC(c2nc(-c3ccccc3)nn2CCc2ccccc2)CN1. The largest absolute Gasteiger partial charge is 0.355 e. The van der Waals surface area contributed by atoms with Crippen LogP contribution in [0.25, 0.3) is 11.4 Å². The Balaban J connectivity index is 1.63. The first-order valence-electron chi connectivity index (χ1n) is 8.60. The molecule has 0 spiro atoms. The molecule has 4 rings (SSSR count). The van der Waals surface area contributed by atoms with Gasteiger partial charge >= 0.3 is 0 Å². The summed E-state index contributed by atoms with van der Waals surface area (Å²) in [5.74, 6) is 1.80. The van der Waals surface area contributed by atoms with Crippen LogP contribution in [0, 0.1) is 0 Å². The van der Waals surface area contributed by atoms with Crippen molar-refractivity contribution in [2.75, 3.05) is 6.54 Å². The van der Waals surface area contributed by atoms with Crippen LogP contribution in [0.1, 0.15) is 23.7 Å². The molecule has 0 saturated carbocycles. The van der Waals surface area contributed by atoms with E-state index in [1.54, 1.807) is 0 Å². The zero-order valence-electron chi connectivity index (χ0n) is 13.9. The maximum atomic E-state index is 11.6. The Kier molecular flexibility index (Phi) is 4.29. The molecule has 5 heteroatoms. The van der Waals surface area contributed by atoms with Crippen LogP contribution in [0.4, 0.5) is 0 Å². The second-order valence-electron chi connectivity index (χ2n) is 6.32. The molecule has 1 aliphatic rings. The van der Waals surface area contributed by atoms with Crippen LogP contribution in [-0.4, -0.2) is 27.2 Å². The number of benzene rings is 2. The van der Waals surface area contributed by atoms with Crippen LogP contribution in [0.5, 0.6) is 0 Å². The lowest BCUT2D eigenvalue weighted by Gasteiger charge is -2.09. The van der Waals surface area contributed by atoms with E-state index in [1.807, 2.05) is 53.2 Å². The molecule has 5 nitrogen and oxygen atoms in total. The van der Waals surface area contributed by atoms with E-state index < -0.39 is 0 Å². The molecule has 2 aromatic carbocycles. The Morgan fingerprint density at radius 3 is 2.44 bits per heavy atom. The van der Waals surface area contributed by atoms with Gasteiger partial charge in [-0.3, -0.25) is 4.79 Å². The van der Waals surface area contributed by atoms with Crippen LogP contribution in [0.15, 0.2) is 60.7 Å². The molecule has 1 atom stereocenters. The summed E-state index contributed by atoms with van der Waals surface area (Å²) < 4.78 is 1.97. The van der Waals surface area contributed by atoms with E-state index >= 15 is 0 Å². The summed E-state index contributed by atoms with van der Waals surface area (Å²) in [6.45, 7) is 1.39. The van der Waals surface area contributed by atoms with Crippen molar-refractivity contribution >= 4 is 5.91 Å². The van der Waals surface area contributed by atoms with Gasteiger partial charge in [0.05, 0.1) is 0 Å². The number of carbonyl (C=O) groups is 1. The minimum atomic E-state index is 0.0869. The Labute approximate surface area is 146 Å². The standard InChI is InChI=1S/C20H20N4O/c25-18-13-17(14-21-18)20-22-19(16-9-5-2-6-10-16)23-24(20)12-11-15-7-3-1-4-8-15/h1-10,17H,11-14H2,(H,21,25). The van der Waals surface area contributed by atoms with E-state index in [2.05, 4.69) is 17.4 Å². The molecule has 25 heavy (non-hydrogen) atoms. The molecular weight excluding hydrogens is 312 g/mol. The third kappa shape index (κ3) is 3.45. The van der Waals surface area contributed by atoms with E-state index in [-0.39, 0.29) is 11.8 Å². The maximum Gasteiger partial charge on any atom is 0.220 e. The van der Waals surface area contributed by atoms with E-state index in [1.165, 1.54) is 5.56 Å². The molecule has 1 aliphatic heterocycles. The van der Waals surface area contributed by atoms with Crippen molar-refractivity contribution in [1.29, 1.82) is 0 Å². The first kappa shape index (κ1) is 15.6.